The minimum atomic E-state index is -1.79. The second-order valence-electron chi connectivity index (χ2n) is 3.83. The van der Waals surface area contributed by atoms with E-state index in [9.17, 15) is 22.7 Å². The van der Waals surface area contributed by atoms with Gasteiger partial charge in [-0.15, -0.1) is 0 Å². The highest BCUT2D eigenvalue weighted by Gasteiger charge is 2.22. The molecule has 1 atom stereocenters. The fraction of sp³-hybridized carbons (Fsp3) is 0.0769. The summed E-state index contributed by atoms with van der Waals surface area (Å²) in [6.45, 7) is 0. The highest BCUT2D eigenvalue weighted by Crippen LogP contribution is 2.30. The Morgan fingerprint density at radius 2 is 1.58 bits per heavy atom. The van der Waals surface area contributed by atoms with Crippen molar-refractivity contribution in [3.63, 3.8) is 0 Å². The molecule has 0 amide bonds. The lowest BCUT2D eigenvalue weighted by molar-refractivity contribution is 0.207. The molecule has 1 unspecified atom stereocenters. The summed E-state index contributed by atoms with van der Waals surface area (Å²) in [6, 6.07) is 4.68. The summed E-state index contributed by atoms with van der Waals surface area (Å²) in [6.07, 6.45) is -1.79. The van der Waals surface area contributed by atoms with Gasteiger partial charge in [-0.05, 0) is 34.1 Å². The maximum absolute atomic E-state index is 13.6. The van der Waals surface area contributed by atoms with E-state index in [0.29, 0.717) is 0 Å². The zero-order chi connectivity index (χ0) is 14.2. The summed E-state index contributed by atoms with van der Waals surface area (Å²) in [5.41, 5.74) is -0.925. The molecule has 0 bridgehead atoms. The minimum Gasteiger partial charge on any atom is -0.383 e. The number of benzene rings is 2. The third kappa shape index (κ3) is 2.64. The van der Waals surface area contributed by atoms with Crippen LogP contribution >= 0.6 is 15.9 Å². The van der Waals surface area contributed by atoms with Crippen LogP contribution in [0.3, 0.4) is 0 Å². The van der Waals surface area contributed by atoms with E-state index in [1.165, 1.54) is 6.07 Å². The van der Waals surface area contributed by atoms with Gasteiger partial charge >= 0.3 is 0 Å². The number of hydrogen-bond acceptors (Lipinski definition) is 1. The van der Waals surface area contributed by atoms with Gasteiger partial charge in [0.2, 0.25) is 0 Å². The van der Waals surface area contributed by atoms with Gasteiger partial charge in [-0.3, -0.25) is 0 Å². The average Bonchev–Trinajstić information content (AvgIpc) is 2.36. The van der Waals surface area contributed by atoms with Gasteiger partial charge in [0.1, 0.15) is 17.7 Å². The summed E-state index contributed by atoms with van der Waals surface area (Å²) < 4.78 is 53.4. The molecule has 0 saturated carbocycles. The monoisotopic (exact) mass is 334 g/mol. The number of aliphatic hydroxyl groups excluding tert-OH is 1. The van der Waals surface area contributed by atoms with Crippen LogP contribution in [0.25, 0.3) is 0 Å². The number of aliphatic hydroxyl groups is 1. The third-order valence-corrected chi connectivity index (χ3v) is 3.22. The van der Waals surface area contributed by atoms with Crippen molar-refractivity contribution >= 4 is 15.9 Å². The number of halogens is 5. The van der Waals surface area contributed by atoms with Crippen LogP contribution < -0.4 is 0 Å². The molecule has 19 heavy (non-hydrogen) atoms. The van der Waals surface area contributed by atoms with Crippen molar-refractivity contribution in [2.45, 2.75) is 6.10 Å². The quantitative estimate of drug-likeness (QED) is 0.648. The van der Waals surface area contributed by atoms with E-state index in [0.717, 1.165) is 24.3 Å². The Morgan fingerprint density at radius 3 is 2.26 bits per heavy atom. The lowest BCUT2D eigenvalue weighted by atomic mass is 10.0. The van der Waals surface area contributed by atoms with Gasteiger partial charge in [0.25, 0.3) is 0 Å². The molecule has 6 heteroatoms. The molecule has 2 aromatic carbocycles. The Labute approximate surface area is 114 Å². The van der Waals surface area contributed by atoms with E-state index in [1.54, 1.807) is 0 Å². The van der Waals surface area contributed by atoms with Gasteiger partial charge < -0.3 is 5.11 Å². The van der Waals surface area contributed by atoms with Crippen molar-refractivity contribution in [3.05, 3.63) is 69.2 Å². The summed E-state index contributed by atoms with van der Waals surface area (Å²) in [5, 5.41) is 9.86. The molecule has 0 aliphatic rings. The Kier molecular flexibility index (Phi) is 3.91. The highest BCUT2D eigenvalue weighted by atomic mass is 79.9. The molecule has 1 nitrogen and oxygen atoms in total. The summed E-state index contributed by atoms with van der Waals surface area (Å²) in [5.74, 6) is -4.20. The normalized spacial score (nSPS) is 12.5. The molecule has 0 saturated heterocycles. The van der Waals surface area contributed by atoms with Crippen LogP contribution in [-0.2, 0) is 0 Å². The fourth-order valence-electron chi connectivity index (χ4n) is 1.65. The van der Waals surface area contributed by atoms with Crippen LogP contribution in [0.4, 0.5) is 17.6 Å². The lowest BCUT2D eigenvalue weighted by Gasteiger charge is -2.14. The van der Waals surface area contributed by atoms with E-state index in [-0.39, 0.29) is 4.47 Å². The zero-order valence-electron chi connectivity index (χ0n) is 9.30. The molecule has 0 aliphatic carbocycles. The highest BCUT2D eigenvalue weighted by molar-refractivity contribution is 9.10. The van der Waals surface area contributed by atoms with Crippen molar-refractivity contribution in [2.24, 2.45) is 0 Å². The standard InChI is InChI=1S/C13H7BrF4O/c14-8-5-10(16)7(4-11(8)17)13(19)6-2-1-3-9(15)12(6)18/h1-5,13,19H. The van der Waals surface area contributed by atoms with Gasteiger partial charge in [0.15, 0.2) is 11.6 Å². The molecule has 100 valence electrons. The van der Waals surface area contributed by atoms with Crippen LogP contribution in [0.15, 0.2) is 34.8 Å². The van der Waals surface area contributed by atoms with Crippen LogP contribution in [0, 0.1) is 23.3 Å². The molecule has 1 N–H and O–H groups in total. The van der Waals surface area contributed by atoms with E-state index < -0.39 is 40.5 Å². The Morgan fingerprint density at radius 1 is 0.895 bits per heavy atom. The Balaban J connectivity index is 2.53. The second-order valence-corrected chi connectivity index (χ2v) is 4.69. The molecule has 0 aliphatic heterocycles. The third-order valence-electron chi connectivity index (χ3n) is 2.61. The molecular weight excluding hydrogens is 328 g/mol. The first-order valence-corrected chi connectivity index (χ1v) is 5.97. The maximum Gasteiger partial charge on any atom is 0.164 e. The van der Waals surface area contributed by atoms with Gasteiger partial charge in [-0.2, -0.15) is 0 Å². The van der Waals surface area contributed by atoms with Crippen LogP contribution in [0.5, 0.6) is 0 Å². The average molecular weight is 335 g/mol. The van der Waals surface area contributed by atoms with Gasteiger partial charge in [-0.1, -0.05) is 12.1 Å². The molecular formula is C13H7BrF4O. The topological polar surface area (TPSA) is 20.2 Å². The van der Waals surface area contributed by atoms with E-state index >= 15 is 0 Å². The predicted molar refractivity (Wildman–Crippen MR) is 64.5 cm³/mol. The Hall–Kier alpha value is -1.40. The van der Waals surface area contributed by atoms with Crippen molar-refractivity contribution in [1.29, 1.82) is 0 Å². The van der Waals surface area contributed by atoms with E-state index in [2.05, 4.69) is 15.9 Å². The largest absolute Gasteiger partial charge is 0.383 e. The lowest BCUT2D eigenvalue weighted by Crippen LogP contribution is -2.07. The van der Waals surface area contributed by atoms with Crippen molar-refractivity contribution in [3.8, 4) is 0 Å². The summed E-state index contributed by atoms with van der Waals surface area (Å²) >= 11 is 2.78. The van der Waals surface area contributed by atoms with Gasteiger partial charge in [0, 0.05) is 11.1 Å². The second kappa shape index (κ2) is 5.30. The van der Waals surface area contributed by atoms with Crippen molar-refractivity contribution in [2.75, 3.05) is 0 Å². The maximum atomic E-state index is 13.6. The van der Waals surface area contributed by atoms with E-state index in [1.807, 2.05) is 0 Å². The van der Waals surface area contributed by atoms with Gasteiger partial charge in [-0.25, -0.2) is 17.6 Å². The predicted octanol–water partition coefficient (Wildman–Crippen LogP) is 4.09. The molecule has 0 fully saturated rings. The molecule has 0 radical (unpaired) electrons. The zero-order valence-corrected chi connectivity index (χ0v) is 10.9. The first-order valence-electron chi connectivity index (χ1n) is 5.18. The SMILES string of the molecule is OC(c1cc(F)c(Br)cc1F)c1cccc(F)c1F. The number of rotatable bonds is 2. The van der Waals surface area contributed by atoms with Crippen LogP contribution in [0.1, 0.15) is 17.2 Å². The molecule has 2 aromatic rings. The van der Waals surface area contributed by atoms with Crippen molar-refractivity contribution < 1.29 is 22.7 Å². The minimum absolute atomic E-state index is 0.124. The molecule has 0 aromatic heterocycles. The first-order chi connectivity index (χ1) is 8.91. The molecule has 2 rings (SSSR count). The Bertz CT molecular complexity index is 630. The van der Waals surface area contributed by atoms with Crippen molar-refractivity contribution in [1.82, 2.24) is 0 Å². The molecule has 0 heterocycles. The van der Waals surface area contributed by atoms with Gasteiger partial charge in [0.05, 0.1) is 4.47 Å². The summed E-state index contributed by atoms with van der Waals surface area (Å²) in [7, 11) is 0. The first kappa shape index (κ1) is 14.0. The van der Waals surface area contributed by atoms with E-state index in [4.69, 9.17) is 0 Å². The summed E-state index contributed by atoms with van der Waals surface area (Å²) in [4.78, 5) is 0. The molecule has 0 spiro atoms. The van der Waals surface area contributed by atoms with Crippen LogP contribution in [-0.4, -0.2) is 5.11 Å². The number of hydrogen-bond donors (Lipinski definition) is 1. The fourth-order valence-corrected chi connectivity index (χ4v) is 1.96. The smallest absolute Gasteiger partial charge is 0.164 e. The van der Waals surface area contributed by atoms with Crippen LogP contribution in [0.2, 0.25) is 0 Å².